The molecule has 2 aromatic heterocycles. The average Bonchev–Trinajstić information content (AvgIpc) is 2.81. The molecule has 0 unspecified atom stereocenters. The third kappa shape index (κ3) is 1.71. The van der Waals surface area contributed by atoms with Gasteiger partial charge in [0.05, 0.1) is 11.4 Å². The topological polar surface area (TPSA) is 43.3 Å². The molecular formula is C13H9ClFN3. The van der Waals surface area contributed by atoms with Crippen LogP contribution in [0.15, 0.2) is 42.6 Å². The van der Waals surface area contributed by atoms with Gasteiger partial charge in [-0.2, -0.15) is 0 Å². The minimum Gasteiger partial charge on any atom is -0.396 e. The molecular weight excluding hydrogens is 253 g/mol. The maximum atomic E-state index is 12.9. The molecule has 2 N–H and O–H groups in total. The van der Waals surface area contributed by atoms with Crippen LogP contribution in [0.25, 0.3) is 16.9 Å². The van der Waals surface area contributed by atoms with Crippen LogP contribution in [0.5, 0.6) is 0 Å². The number of rotatable bonds is 1. The zero-order valence-electron chi connectivity index (χ0n) is 9.27. The Bertz CT molecular complexity index is 680. The zero-order valence-corrected chi connectivity index (χ0v) is 10.0. The first-order chi connectivity index (χ1) is 8.65. The van der Waals surface area contributed by atoms with Crippen LogP contribution in [0.3, 0.4) is 0 Å². The number of nitrogen functional groups attached to an aromatic ring is 1. The summed E-state index contributed by atoms with van der Waals surface area (Å²) < 4.78 is 14.6. The molecule has 0 saturated carbocycles. The smallest absolute Gasteiger partial charge is 0.161 e. The third-order valence-electron chi connectivity index (χ3n) is 2.73. The molecule has 0 radical (unpaired) electrons. The van der Waals surface area contributed by atoms with Gasteiger partial charge in [-0.1, -0.05) is 11.6 Å². The second-order valence-corrected chi connectivity index (χ2v) is 4.33. The lowest BCUT2D eigenvalue weighted by Crippen LogP contribution is -1.92. The van der Waals surface area contributed by atoms with E-state index >= 15 is 0 Å². The SMILES string of the molecule is Nc1ccc(Cl)n2cc(-c3ccc(F)cc3)nc12. The van der Waals surface area contributed by atoms with E-state index in [9.17, 15) is 4.39 Å². The summed E-state index contributed by atoms with van der Waals surface area (Å²) in [4.78, 5) is 4.40. The molecule has 0 spiro atoms. The Morgan fingerprint density at radius 3 is 2.50 bits per heavy atom. The van der Waals surface area contributed by atoms with Crippen LogP contribution in [-0.4, -0.2) is 9.38 Å². The number of halogens is 2. The van der Waals surface area contributed by atoms with Crippen molar-refractivity contribution in [1.82, 2.24) is 9.38 Å². The maximum absolute atomic E-state index is 12.9. The van der Waals surface area contributed by atoms with E-state index in [4.69, 9.17) is 17.3 Å². The molecule has 0 bridgehead atoms. The van der Waals surface area contributed by atoms with E-state index in [1.165, 1.54) is 12.1 Å². The Morgan fingerprint density at radius 1 is 1.11 bits per heavy atom. The highest BCUT2D eigenvalue weighted by Crippen LogP contribution is 2.25. The van der Waals surface area contributed by atoms with Gasteiger partial charge < -0.3 is 5.73 Å². The summed E-state index contributed by atoms with van der Waals surface area (Å²) >= 11 is 6.06. The molecule has 2 heterocycles. The fourth-order valence-electron chi connectivity index (χ4n) is 1.82. The molecule has 18 heavy (non-hydrogen) atoms. The Morgan fingerprint density at radius 2 is 1.83 bits per heavy atom. The van der Waals surface area contributed by atoms with Gasteiger partial charge in [0.15, 0.2) is 5.65 Å². The highest BCUT2D eigenvalue weighted by atomic mass is 35.5. The second-order valence-electron chi connectivity index (χ2n) is 3.94. The van der Waals surface area contributed by atoms with E-state index in [2.05, 4.69) is 4.98 Å². The largest absolute Gasteiger partial charge is 0.396 e. The number of imidazole rings is 1. The van der Waals surface area contributed by atoms with Crippen LogP contribution in [0.1, 0.15) is 0 Å². The van der Waals surface area contributed by atoms with Gasteiger partial charge in [0.2, 0.25) is 0 Å². The molecule has 0 aliphatic rings. The van der Waals surface area contributed by atoms with Gasteiger partial charge in [0.1, 0.15) is 11.0 Å². The lowest BCUT2D eigenvalue weighted by molar-refractivity contribution is 0.628. The monoisotopic (exact) mass is 261 g/mol. The lowest BCUT2D eigenvalue weighted by Gasteiger charge is -1.98. The molecule has 1 aromatic carbocycles. The van der Waals surface area contributed by atoms with Gasteiger partial charge in [-0.05, 0) is 36.4 Å². The number of nitrogens with two attached hydrogens (primary N) is 1. The normalized spacial score (nSPS) is 11.0. The molecule has 0 aliphatic carbocycles. The zero-order chi connectivity index (χ0) is 12.7. The summed E-state index contributed by atoms with van der Waals surface area (Å²) in [7, 11) is 0. The number of aromatic nitrogens is 2. The molecule has 5 heteroatoms. The van der Waals surface area contributed by atoms with Crippen LogP contribution in [-0.2, 0) is 0 Å². The van der Waals surface area contributed by atoms with Crippen LogP contribution in [0, 0.1) is 5.82 Å². The number of hydrogen-bond acceptors (Lipinski definition) is 2. The quantitative estimate of drug-likeness (QED) is 0.683. The number of fused-ring (bicyclic) bond motifs is 1. The van der Waals surface area contributed by atoms with Gasteiger partial charge in [-0.15, -0.1) is 0 Å². The summed E-state index contributed by atoms with van der Waals surface area (Å²) in [6, 6.07) is 9.54. The van der Waals surface area contributed by atoms with Crippen molar-refractivity contribution in [2.45, 2.75) is 0 Å². The Labute approximate surface area is 108 Å². The molecule has 3 aromatic rings. The number of pyridine rings is 1. The van der Waals surface area contributed by atoms with Gasteiger partial charge in [-0.25, -0.2) is 9.37 Å². The lowest BCUT2D eigenvalue weighted by atomic mass is 10.2. The molecule has 0 fully saturated rings. The van der Waals surface area contributed by atoms with Gasteiger partial charge in [0, 0.05) is 11.8 Å². The molecule has 0 amide bonds. The number of hydrogen-bond donors (Lipinski definition) is 1. The molecule has 3 rings (SSSR count). The minimum atomic E-state index is -0.278. The Kier molecular flexibility index (Phi) is 2.45. The Balaban J connectivity index is 2.22. The fourth-order valence-corrected chi connectivity index (χ4v) is 2.01. The maximum Gasteiger partial charge on any atom is 0.161 e. The van der Waals surface area contributed by atoms with E-state index in [1.54, 1.807) is 34.9 Å². The van der Waals surface area contributed by atoms with Crippen molar-refractivity contribution >= 4 is 22.9 Å². The Hall–Kier alpha value is -2.07. The predicted octanol–water partition coefficient (Wildman–Crippen LogP) is 3.38. The first-order valence-corrected chi connectivity index (χ1v) is 5.72. The van der Waals surface area contributed by atoms with Crippen molar-refractivity contribution in [1.29, 1.82) is 0 Å². The van der Waals surface area contributed by atoms with Gasteiger partial charge in [0.25, 0.3) is 0 Å². The third-order valence-corrected chi connectivity index (χ3v) is 3.04. The number of benzene rings is 1. The highest BCUT2D eigenvalue weighted by molar-refractivity contribution is 6.29. The van der Waals surface area contributed by atoms with Crippen molar-refractivity contribution in [2.24, 2.45) is 0 Å². The van der Waals surface area contributed by atoms with Gasteiger partial charge in [-0.3, -0.25) is 4.40 Å². The standard InChI is InChI=1S/C13H9ClFN3/c14-12-6-5-10(16)13-17-11(7-18(12)13)8-1-3-9(15)4-2-8/h1-7H,16H2. The van der Waals surface area contributed by atoms with Crippen molar-refractivity contribution in [3.05, 3.63) is 53.6 Å². The van der Waals surface area contributed by atoms with Crippen LogP contribution >= 0.6 is 11.6 Å². The van der Waals surface area contributed by atoms with E-state index < -0.39 is 0 Å². The summed E-state index contributed by atoms with van der Waals surface area (Å²) in [6.45, 7) is 0. The van der Waals surface area contributed by atoms with E-state index in [-0.39, 0.29) is 5.82 Å². The van der Waals surface area contributed by atoms with E-state index in [1.807, 2.05) is 0 Å². The van der Waals surface area contributed by atoms with Crippen molar-refractivity contribution in [3.8, 4) is 11.3 Å². The minimum absolute atomic E-state index is 0.278. The predicted molar refractivity (Wildman–Crippen MR) is 70.0 cm³/mol. The van der Waals surface area contributed by atoms with Crippen molar-refractivity contribution < 1.29 is 4.39 Å². The van der Waals surface area contributed by atoms with Crippen LogP contribution in [0.2, 0.25) is 5.15 Å². The van der Waals surface area contributed by atoms with Crippen LogP contribution in [0.4, 0.5) is 10.1 Å². The van der Waals surface area contributed by atoms with Crippen LogP contribution < -0.4 is 5.73 Å². The molecule has 0 aliphatic heterocycles. The molecule has 90 valence electrons. The van der Waals surface area contributed by atoms with E-state index in [0.717, 1.165) is 5.56 Å². The van der Waals surface area contributed by atoms with E-state index in [0.29, 0.717) is 22.2 Å². The summed E-state index contributed by atoms with van der Waals surface area (Å²) in [5, 5.41) is 0.528. The number of anilines is 1. The molecule has 3 nitrogen and oxygen atoms in total. The molecule has 0 saturated heterocycles. The number of nitrogens with zero attached hydrogens (tertiary/aromatic N) is 2. The van der Waals surface area contributed by atoms with Crippen molar-refractivity contribution in [2.75, 3.05) is 5.73 Å². The summed E-state index contributed by atoms with van der Waals surface area (Å²) in [6.07, 6.45) is 1.78. The summed E-state index contributed by atoms with van der Waals surface area (Å²) in [5.74, 6) is -0.278. The highest BCUT2D eigenvalue weighted by Gasteiger charge is 2.08. The molecule has 0 atom stereocenters. The first kappa shape index (κ1) is 11.0. The van der Waals surface area contributed by atoms with Crippen molar-refractivity contribution in [3.63, 3.8) is 0 Å². The second kappa shape index (κ2) is 3.99. The average molecular weight is 262 g/mol. The summed E-state index contributed by atoms with van der Waals surface area (Å²) in [5.41, 5.74) is 8.51. The van der Waals surface area contributed by atoms with Gasteiger partial charge >= 0.3 is 0 Å². The first-order valence-electron chi connectivity index (χ1n) is 5.34. The fraction of sp³-hybridized carbons (Fsp3) is 0.